The third-order valence-corrected chi connectivity index (χ3v) is 3.55. The SMILES string of the molecule is COC(=O)c1sc(NCc2noc(C)n2)c(C#N)c1N. The number of hydrogen-bond donors (Lipinski definition) is 2. The number of nitrogens with zero attached hydrogens (tertiary/aromatic N) is 3. The van der Waals surface area contributed by atoms with Crippen LogP contribution >= 0.6 is 11.3 Å². The van der Waals surface area contributed by atoms with Crippen LogP contribution in [0.1, 0.15) is 27.0 Å². The van der Waals surface area contributed by atoms with Crippen LogP contribution in [0, 0.1) is 18.3 Å². The van der Waals surface area contributed by atoms with Crippen molar-refractivity contribution >= 4 is 28.0 Å². The molecule has 0 spiro atoms. The Kier molecular flexibility index (Phi) is 3.86. The first kappa shape index (κ1) is 13.8. The molecule has 0 radical (unpaired) electrons. The summed E-state index contributed by atoms with van der Waals surface area (Å²) in [5.41, 5.74) is 6.07. The van der Waals surface area contributed by atoms with Crippen molar-refractivity contribution in [3.8, 4) is 6.07 Å². The fourth-order valence-electron chi connectivity index (χ4n) is 1.50. The fraction of sp³-hybridized carbons (Fsp3) is 0.273. The van der Waals surface area contributed by atoms with Gasteiger partial charge in [0.15, 0.2) is 5.82 Å². The molecule has 9 heteroatoms. The van der Waals surface area contributed by atoms with E-state index >= 15 is 0 Å². The zero-order chi connectivity index (χ0) is 14.7. The van der Waals surface area contributed by atoms with Crippen LogP contribution in [0.4, 0.5) is 10.7 Å². The second kappa shape index (κ2) is 5.58. The molecule has 0 unspecified atom stereocenters. The average Bonchev–Trinajstić information content (AvgIpc) is 2.99. The van der Waals surface area contributed by atoms with Gasteiger partial charge in [-0.2, -0.15) is 10.2 Å². The Labute approximate surface area is 118 Å². The van der Waals surface area contributed by atoms with E-state index in [1.807, 2.05) is 6.07 Å². The van der Waals surface area contributed by atoms with Crippen LogP contribution in [0.2, 0.25) is 0 Å². The molecule has 2 aromatic rings. The molecule has 2 heterocycles. The summed E-state index contributed by atoms with van der Waals surface area (Å²) in [4.78, 5) is 15.7. The number of carbonyl (C=O) groups is 1. The van der Waals surface area contributed by atoms with Crippen LogP contribution in [0.5, 0.6) is 0 Å². The van der Waals surface area contributed by atoms with Crippen LogP contribution < -0.4 is 11.1 Å². The first-order chi connectivity index (χ1) is 9.56. The molecule has 0 aliphatic heterocycles. The molecule has 8 nitrogen and oxygen atoms in total. The van der Waals surface area contributed by atoms with Crippen molar-refractivity contribution in [1.82, 2.24) is 10.1 Å². The van der Waals surface area contributed by atoms with Gasteiger partial charge in [-0.05, 0) is 0 Å². The number of ether oxygens (including phenoxy) is 1. The van der Waals surface area contributed by atoms with Gasteiger partial charge in [0.1, 0.15) is 21.5 Å². The third kappa shape index (κ3) is 2.55. The fourth-order valence-corrected chi connectivity index (χ4v) is 2.48. The van der Waals surface area contributed by atoms with Crippen molar-refractivity contribution in [3.05, 3.63) is 22.2 Å². The molecule has 0 fully saturated rings. The van der Waals surface area contributed by atoms with Gasteiger partial charge < -0.3 is 20.3 Å². The normalized spacial score (nSPS) is 10.1. The molecule has 2 aromatic heterocycles. The van der Waals surface area contributed by atoms with Gasteiger partial charge in [0, 0.05) is 6.92 Å². The molecule has 2 rings (SSSR count). The molecule has 0 aliphatic carbocycles. The number of hydrogen-bond acceptors (Lipinski definition) is 9. The maximum Gasteiger partial charge on any atom is 0.350 e. The Balaban J connectivity index is 2.23. The van der Waals surface area contributed by atoms with Crippen LogP contribution in [-0.2, 0) is 11.3 Å². The zero-order valence-electron chi connectivity index (χ0n) is 10.8. The van der Waals surface area contributed by atoms with Crippen molar-refractivity contribution in [1.29, 1.82) is 5.26 Å². The van der Waals surface area contributed by atoms with E-state index in [0.29, 0.717) is 16.7 Å². The summed E-state index contributed by atoms with van der Waals surface area (Å²) >= 11 is 1.05. The van der Waals surface area contributed by atoms with Crippen molar-refractivity contribution in [2.75, 3.05) is 18.2 Å². The summed E-state index contributed by atoms with van der Waals surface area (Å²) in [6.07, 6.45) is 0. The number of nitriles is 1. The van der Waals surface area contributed by atoms with E-state index in [-0.39, 0.29) is 22.7 Å². The minimum absolute atomic E-state index is 0.108. The Morgan fingerprint density at radius 2 is 2.40 bits per heavy atom. The monoisotopic (exact) mass is 293 g/mol. The summed E-state index contributed by atoms with van der Waals surface area (Å²) < 4.78 is 9.44. The largest absolute Gasteiger partial charge is 0.465 e. The number of thiophene rings is 1. The lowest BCUT2D eigenvalue weighted by molar-refractivity contribution is 0.0607. The molecule has 0 aromatic carbocycles. The zero-order valence-corrected chi connectivity index (χ0v) is 11.6. The predicted molar refractivity (Wildman–Crippen MR) is 71.1 cm³/mol. The van der Waals surface area contributed by atoms with E-state index in [4.69, 9.17) is 15.5 Å². The highest BCUT2D eigenvalue weighted by molar-refractivity contribution is 7.18. The number of methoxy groups -OCH3 is 1. The van der Waals surface area contributed by atoms with Crippen molar-refractivity contribution < 1.29 is 14.1 Å². The van der Waals surface area contributed by atoms with Gasteiger partial charge in [0.25, 0.3) is 0 Å². The minimum Gasteiger partial charge on any atom is -0.465 e. The summed E-state index contributed by atoms with van der Waals surface area (Å²) in [6, 6.07) is 1.96. The number of nitrogen functional groups attached to an aromatic ring is 1. The average molecular weight is 293 g/mol. The lowest BCUT2D eigenvalue weighted by Crippen LogP contribution is -2.02. The maximum atomic E-state index is 11.5. The van der Waals surface area contributed by atoms with Crippen LogP contribution in [-0.4, -0.2) is 23.2 Å². The number of esters is 1. The lowest BCUT2D eigenvalue weighted by Gasteiger charge is -1.99. The Bertz CT molecular complexity index is 685. The van der Waals surface area contributed by atoms with Gasteiger partial charge in [-0.1, -0.05) is 5.16 Å². The topological polar surface area (TPSA) is 127 Å². The number of carbonyl (C=O) groups excluding carboxylic acids is 1. The van der Waals surface area contributed by atoms with E-state index < -0.39 is 5.97 Å². The quantitative estimate of drug-likeness (QED) is 0.807. The molecule has 3 N–H and O–H groups in total. The Morgan fingerprint density at radius 1 is 1.65 bits per heavy atom. The van der Waals surface area contributed by atoms with Gasteiger partial charge in [-0.25, -0.2) is 4.79 Å². The number of rotatable bonds is 4. The molecular weight excluding hydrogens is 282 g/mol. The summed E-state index contributed by atoms with van der Waals surface area (Å²) in [5, 5.41) is 16.2. The van der Waals surface area contributed by atoms with Crippen LogP contribution in [0.15, 0.2) is 4.52 Å². The molecular formula is C11H11N5O3S. The van der Waals surface area contributed by atoms with Crippen molar-refractivity contribution in [2.45, 2.75) is 13.5 Å². The van der Waals surface area contributed by atoms with Crippen molar-refractivity contribution in [2.24, 2.45) is 0 Å². The molecule has 0 saturated heterocycles. The van der Waals surface area contributed by atoms with Crippen LogP contribution in [0.25, 0.3) is 0 Å². The van der Waals surface area contributed by atoms with Gasteiger partial charge in [0.2, 0.25) is 5.89 Å². The van der Waals surface area contributed by atoms with Gasteiger partial charge in [-0.15, -0.1) is 11.3 Å². The molecule has 20 heavy (non-hydrogen) atoms. The van der Waals surface area contributed by atoms with Gasteiger partial charge >= 0.3 is 5.97 Å². The van der Waals surface area contributed by atoms with E-state index in [1.54, 1.807) is 6.92 Å². The molecule has 104 valence electrons. The van der Waals surface area contributed by atoms with E-state index in [9.17, 15) is 4.79 Å². The summed E-state index contributed by atoms with van der Waals surface area (Å²) in [6.45, 7) is 1.93. The number of aryl methyl sites for hydroxylation is 1. The van der Waals surface area contributed by atoms with Crippen LogP contribution in [0.3, 0.4) is 0 Å². The number of aromatic nitrogens is 2. The molecule has 0 amide bonds. The van der Waals surface area contributed by atoms with E-state index in [0.717, 1.165) is 11.3 Å². The first-order valence-corrected chi connectivity index (χ1v) is 6.32. The first-order valence-electron chi connectivity index (χ1n) is 5.50. The Hall–Kier alpha value is -2.60. The van der Waals surface area contributed by atoms with E-state index in [1.165, 1.54) is 7.11 Å². The smallest absolute Gasteiger partial charge is 0.350 e. The predicted octanol–water partition coefficient (Wildman–Crippen LogP) is 1.29. The van der Waals surface area contributed by atoms with E-state index in [2.05, 4.69) is 20.2 Å². The number of nitrogens with one attached hydrogen (secondary N) is 1. The third-order valence-electron chi connectivity index (χ3n) is 2.40. The highest BCUT2D eigenvalue weighted by Gasteiger charge is 2.21. The Morgan fingerprint density at radius 3 is 2.95 bits per heavy atom. The maximum absolute atomic E-state index is 11.5. The highest BCUT2D eigenvalue weighted by Crippen LogP contribution is 2.35. The second-order valence-electron chi connectivity index (χ2n) is 3.74. The van der Waals surface area contributed by atoms with Gasteiger partial charge in [0.05, 0.1) is 19.3 Å². The molecule has 0 aliphatic rings. The standard InChI is InChI=1S/C11H11N5O3S/c1-5-15-7(16-19-5)4-14-10-6(3-12)8(13)9(20-10)11(17)18-2/h14H,4,13H2,1-2H3. The van der Waals surface area contributed by atoms with Gasteiger partial charge in [-0.3, -0.25) is 0 Å². The molecule has 0 bridgehead atoms. The van der Waals surface area contributed by atoms with Crippen molar-refractivity contribution in [3.63, 3.8) is 0 Å². The lowest BCUT2D eigenvalue weighted by atomic mass is 10.2. The highest BCUT2D eigenvalue weighted by atomic mass is 32.1. The molecule has 0 atom stereocenters. The summed E-state index contributed by atoms with van der Waals surface area (Å²) in [7, 11) is 1.25. The summed E-state index contributed by atoms with van der Waals surface area (Å²) in [5.74, 6) is 0.314. The molecule has 0 saturated carbocycles. The number of nitrogens with two attached hydrogens (primary N) is 1. The minimum atomic E-state index is -0.576. The second-order valence-corrected chi connectivity index (χ2v) is 4.76. The number of anilines is 2.